The Bertz CT molecular complexity index is 1380. The molecule has 0 unspecified atom stereocenters. The smallest absolute Gasteiger partial charge is 0.254 e. The van der Waals surface area contributed by atoms with Gasteiger partial charge in [0.15, 0.2) is 0 Å². The highest BCUT2D eigenvalue weighted by Crippen LogP contribution is 2.32. The number of piperidine rings is 1. The highest BCUT2D eigenvalue weighted by atomic mass is 16.2. The van der Waals surface area contributed by atoms with Crippen molar-refractivity contribution in [2.24, 2.45) is 7.05 Å². The van der Waals surface area contributed by atoms with Crippen molar-refractivity contribution in [1.82, 2.24) is 19.6 Å². The van der Waals surface area contributed by atoms with Crippen LogP contribution in [0, 0.1) is 6.92 Å². The van der Waals surface area contributed by atoms with E-state index in [-0.39, 0.29) is 5.91 Å². The first-order valence-corrected chi connectivity index (χ1v) is 12.2. The average Bonchev–Trinajstić information content (AvgIpc) is 3.37. The van der Waals surface area contributed by atoms with Gasteiger partial charge in [0.1, 0.15) is 5.69 Å². The summed E-state index contributed by atoms with van der Waals surface area (Å²) in [5, 5.41) is 6.05. The zero-order valence-electron chi connectivity index (χ0n) is 19.9. The van der Waals surface area contributed by atoms with E-state index in [0.29, 0.717) is 6.04 Å². The molecule has 0 N–H and O–H groups in total. The van der Waals surface area contributed by atoms with E-state index in [4.69, 9.17) is 5.10 Å². The lowest BCUT2D eigenvalue weighted by Crippen LogP contribution is -2.44. The molecule has 0 saturated carbocycles. The van der Waals surface area contributed by atoms with Gasteiger partial charge in [0.25, 0.3) is 5.91 Å². The summed E-state index contributed by atoms with van der Waals surface area (Å²) >= 11 is 0. The molecule has 1 saturated heterocycles. The Morgan fingerprint density at radius 3 is 2.44 bits per heavy atom. The molecule has 1 amide bonds. The molecule has 5 heteroatoms. The lowest BCUT2D eigenvalue weighted by molar-refractivity contribution is 0.0590. The maximum absolute atomic E-state index is 12.9. The maximum Gasteiger partial charge on any atom is 0.254 e. The Kier molecular flexibility index (Phi) is 5.22. The quantitative estimate of drug-likeness (QED) is 0.431. The zero-order chi connectivity index (χ0) is 23.2. The van der Waals surface area contributed by atoms with Crippen molar-refractivity contribution < 1.29 is 4.79 Å². The largest absolute Gasteiger partial charge is 0.331 e. The second-order valence-electron chi connectivity index (χ2n) is 9.74. The van der Waals surface area contributed by atoms with Crippen LogP contribution in [0.1, 0.15) is 39.9 Å². The van der Waals surface area contributed by atoms with Crippen molar-refractivity contribution >= 4 is 16.8 Å². The number of carbonyl (C=O) groups is 1. The third kappa shape index (κ3) is 3.61. The van der Waals surface area contributed by atoms with E-state index in [1.807, 2.05) is 29.9 Å². The number of rotatable bonds is 4. The molecule has 34 heavy (non-hydrogen) atoms. The van der Waals surface area contributed by atoms with Crippen LogP contribution in [0.3, 0.4) is 0 Å². The molecule has 4 aromatic rings. The molecule has 172 valence electrons. The third-order valence-electron chi connectivity index (χ3n) is 7.57. The van der Waals surface area contributed by atoms with Crippen molar-refractivity contribution in [3.8, 4) is 11.3 Å². The summed E-state index contributed by atoms with van der Waals surface area (Å²) in [5.41, 5.74) is 8.04. The van der Waals surface area contributed by atoms with Gasteiger partial charge in [-0.25, -0.2) is 0 Å². The molecule has 3 heterocycles. The number of hydrogen-bond acceptors (Lipinski definition) is 3. The van der Waals surface area contributed by atoms with E-state index in [1.54, 1.807) is 0 Å². The van der Waals surface area contributed by atoms with Gasteiger partial charge in [-0.2, -0.15) is 5.10 Å². The Balaban J connectivity index is 1.15. The summed E-state index contributed by atoms with van der Waals surface area (Å²) < 4.78 is 2.00. The van der Waals surface area contributed by atoms with E-state index < -0.39 is 0 Å². The third-order valence-corrected chi connectivity index (χ3v) is 7.57. The first kappa shape index (κ1) is 21.1. The van der Waals surface area contributed by atoms with E-state index in [2.05, 4.69) is 65.3 Å². The fourth-order valence-corrected chi connectivity index (χ4v) is 5.66. The van der Waals surface area contributed by atoms with Crippen LogP contribution in [-0.4, -0.2) is 44.6 Å². The molecular weight excluding hydrogens is 420 g/mol. The summed E-state index contributed by atoms with van der Waals surface area (Å²) in [6, 6.07) is 23.6. The molecule has 0 aliphatic carbocycles. The molecule has 1 fully saturated rings. The van der Waals surface area contributed by atoms with Crippen LogP contribution >= 0.6 is 0 Å². The summed E-state index contributed by atoms with van der Waals surface area (Å²) in [4.78, 5) is 17.5. The van der Waals surface area contributed by atoms with Gasteiger partial charge < -0.3 is 4.90 Å². The Hall–Kier alpha value is -3.44. The molecule has 3 aromatic carbocycles. The Morgan fingerprint density at radius 2 is 1.68 bits per heavy atom. The Morgan fingerprint density at radius 1 is 0.941 bits per heavy atom. The van der Waals surface area contributed by atoms with E-state index >= 15 is 0 Å². The van der Waals surface area contributed by atoms with Crippen LogP contribution in [0.15, 0.2) is 66.7 Å². The predicted molar refractivity (Wildman–Crippen MR) is 136 cm³/mol. The van der Waals surface area contributed by atoms with Crippen molar-refractivity contribution in [1.29, 1.82) is 0 Å². The molecule has 0 spiro atoms. The van der Waals surface area contributed by atoms with Crippen LogP contribution in [-0.2, 0) is 20.1 Å². The van der Waals surface area contributed by atoms with E-state index in [0.717, 1.165) is 50.3 Å². The summed E-state index contributed by atoms with van der Waals surface area (Å²) in [5.74, 6) is 0.208. The minimum Gasteiger partial charge on any atom is -0.331 e. The molecule has 0 radical (unpaired) electrons. The predicted octanol–water partition coefficient (Wildman–Crippen LogP) is 5.17. The van der Waals surface area contributed by atoms with Crippen molar-refractivity contribution in [3.05, 3.63) is 89.0 Å². The van der Waals surface area contributed by atoms with Gasteiger partial charge in [-0.1, -0.05) is 54.6 Å². The second-order valence-corrected chi connectivity index (χ2v) is 9.74. The summed E-state index contributed by atoms with van der Waals surface area (Å²) in [6.45, 7) is 5.87. The van der Waals surface area contributed by atoms with Crippen LogP contribution in [0.5, 0.6) is 0 Å². The van der Waals surface area contributed by atoms with Crippen LogP contribution in [0.25, 0.3) is 22.2 Å². The number of hydrogen-bond donors (Lipinski definition) is 0. The highest BCUT2D eigenvalue weighted by molar-refractivity contribution is 5.98. The number of benzene rings is 3. The van der Waals surface area contributed by atoms with E-state index in [1.165, 1.54) is 33.2 Å². The lowest BCUT2D eigenvalue weighted by Gasteiger charge is -2.36. The van der Waals surface area contributed by atoms with Gasteiger partial charge in [0, 0.05) is 55.8 Å². The second kappa shape index (κ2) is 8.41. The number of nitrogens with zero attached hydrogens (tertiary/aromatic N) is 4. The number of aromatic nitrogens is 2. The van der Waals surface area contributed by atoms with Gasteiger partial charge >= 0.3 is 0 Å². The molecule has 2 aliphatic rings. The van der Waals surface area contributed by atoms with E-state index in [9.17, 15) is 4.79 Å². The van der Waals surface area contributed by atoms with Gasteiger partial charge in [-0.3, -0.25) is 14.4 Å². The number of fused-ring (bicyclic) bond motifs is 2. The molecule has 1 aromatic heterocycles. The normalized spacial score (nSPS) is 17.0. The number of aryl methyl sites for hydroxylation is 2. The molecule has 2 aliphatic heterocycles. The topological polar surface area (TPSA) is 41.4 Å². The van der Waals surface area contributed by atoms with Gasteiger partial charge in [-0.05, 0) is 48.6 Å². The molecule has 6 rings (SSSR count). The van der Waals surface area contributed by atoms with Gasteiger partial charge in [0.2, 0.25) is 0 Å². The fraction of sp³-hybridized carbons (Fsp3) is 0.310. The standard InChI is InChI=1S/C29H30N4O/c1-20-7-3-5-9-24(20)28-26-12-11-21(17-27(26)31(2)30-28)18-32-15-13-23(14-16-32)33-19-22-8-4-6-10-25(22)29(33)34/h3-12,17,23H,13-16,18-19H2,1-2H3. The first-order chi connectivity index (χ1) is 16.6. The summed E-state index contributed by atoms with van der Waals surface area (Å²) in [6.07, 6.45) is 2.07. The van der Waals surface area contributed by atoms with Crippen molar-refractivity contribution in [3.63, 3.8) is 0 Å². The number of carbonyl (C=O) groups excluding carboxylic acids is 1. The van der Waals surface area contributed by atoms with Gasteiger partial charge in [-0.15, -0.1) is 0 Å². The lowest BCUT2D eigenvalue weighted by atomic mass is 10.0. The molecule has 0 bridgehead atoms. The average molecular weight is 451 g/mol. The number of likely N-dealkylation sites (tertiary alicyclic amines) is 1. The monoisotopic (exact) mass is 450 g/mol. The van der Waals surface area contributed by atoms with Crippen molar-refractivity contribution in [2.45, 2.75) is 38.9 Å². The molecular formula is C29H30N4O. The first-order valence-electron chi connectivity index (χ1n) is 12.2. The fourth-order valence-electron chi connectivity index (χ4n) is 5.66. The van der Waals surface area contributed by atoms with Crippen LogP contribution in [0.2, 0.25) is 0 Å². The van der Waals surface area contributed by atoms with Gasteiger partial charge in [0.05, 0.1) is 5.52 Å². The maximum atomic E-state index is 12.9. The highest BCUT2D eigenvalue weighted by Gasteiger charge is 2.34. The SMILES string of the molecule is Cc1ccccc1-c1nn(C)c2cc(CN3CCC(N4Cc5ccccc5C4=O)CC3)ccc12. The Labute approximate surface area is 200 Å². The number of amides is 1. The summed E-state index contributed by atoms with van der Waals surface area (Å²) in [7, 11) is 2.03. The minimum atomic E-state index is 0.208. The zero-order valence-corrected chi connectivity index (χ0v) is 19.9. The van der Waals surface area contributed by atoms with Crippen LogP contribution in [0.4, 0.5) is 0 Å². The molecule has 0 atom stereocenters. The molecule has 5 nitrogen and oxygen atoms in total. The minimum absolute atomic E-state index is 0.208. The van der Waals surface area contributed by atoms with Crippen LogP contribution < -0.4 is 0 Å². The van der Waals surface area contributed by atoms with Crippen molar-refractivity contribution in [2.75, 3.05) is 13.1 Å².